The summed E-state index contributed by atoms with van der Waals surface area (Å²) in [6.45, 7) is 34.7. The van der Waals surface area contributed by atoms with Crippen LogP contribution < -0.4 is 0 Å². The summed E-state index contributed by atoms with van der Waals surface area (Å²) in [5.41, 5.74) is 0.999. The molecule has 48 heavy (non-hydrogen) atoms. The van der Waals surface area contributed by atoms with Crippen LogP contribution >= 0.6 is 11.3 Å². The van der Waals surface area contributed by atoms with Crippen LogP contribution in [-0.4, -0.2) is 51.7 Å². The van der Waals surface area contributed by atoms with Gasteiger partial charge in [-0.15, -0.1) is 11.3 Å². The summed E-state index contributed by atoms with van der Waals surface area (Å²) in [6, 6.07) is 0. The minimum absolute atomic E-state index is 0.0284. The van der Waals surface area contributed by atoms with Crippen LogP contribution in [0.25, 0.3) is 6.08 Å². The lowest BCUT2D eigenvalue weighted by molar-refractivity contribution is -0.154. The Bertz CT molecular complexity index is 1300. The van der Waals surface area contributed by atoms with E-state index in [9.17, 15) is 9.59 Å². The first-order chi connectivity index (χ1) is 21.8. The van der Waals surface area contributed by atoms with E-state index in [1.54, 1.807) is 11.3 Å². The Morgan fingerprint density at radius 2 is 1.54 bits per heavy atom. The predicted octanol–water partition coefficient (Wildman–Crippen LogP) is 11.0. The maximum Gasteiger partial charge on any atom is 0.309 e. The minimum atomic E-state index is -2.37. The summed E-state index contributed by atoms with van der Waals surface area (Å²) in [4.78, 5) is 33.5. The van der Waals surface area contributed by atoms with Gasteiger partial charge in [0.15, 0.2) is 16.6 Å². The van der Waals surface area contributed by atoms with Gasteiger partial charge in [0.2, 0.25) is 0 Å². The van der Waals surface area contributed by atoms with Crippen molar-refractivity contribution in [3.63, 3.8) is 0 Å². The molecule has 9 heteroatoms. The van der Waals surface area contributed by atoms with Crippen molar-refractivity contribution in [3.8, 4) is 0 Å². The van der Waals surface area contributed by atoms with Crippen molar-refractivity contribution in [2.75, 3.05) is 0 Å². The number of rotatable bonds is 6. The van der Waals surface area contributed by atoms with Crippen molar-refractivity contribution in [1.82, 2.24) is 4.98 Å². The first kappa shape index (κ1) is 41.3. The molecule has 2 fully saturated rings. The van der Waals surface area contributed by atoms with Gasteiger partial charge in [0, 0.05) is 16.7 Å². The number of carbonyl (C=O) groups is 2. The third-order valence-electron chi connectivity index (χ3n) is 12.4. The average Bonchev–Trinajstić information content (AvgIpc) is 3.54. The molecule has 7 atom stereocenters. The molecule has 1 saturated heterocycles. The number of carbonyl (C=O) groups excluding carboxylic acids is 2. The molecule has 1 aliphatic carbocycles. The Kier molecular flexibility index (Phi) is 13.1. The highest BCUT2D eigenvalue weighted by Gasteiger charge is 2.50. The monoisotopic (exact) mass is 719 g/mol. The number of hydrogen-bond acceptors (Lipinski definition) is 7. The Morgan fingerprint density at radius 1 is 0.958 bits per heavy atom. The van der Waals surface area contributed by atoms with Gasteiger partial charge in [-0.25, -0.2) is 4.98 Å². The number of esters is 1. The largest absolute Gasteiger partial charge is 0.458 e. The standard InChI is InChI=1S/C39H69NO5SSi2/c1-25-18-17-19-29-21-30(29)22-32(26(2)20-31-24-46-28(4)40-31)43-34(41)23-33(44-47(13,14)37(5,6)7)39(11,12)36(42)27(3)35(25)45-48(15,16)38(8,9)10/h20,24-25,27,29-30,32-33,35H,17-19,21-23H2,1-16H3/t25-,27+,29-,30+,32-,33-,35-/m1/s1. The number of thiazole rings is 1. The highest BCUT2D eigenvalue weighted by atomic mass is 32.1. The van der Waals surface area contributed by atoms with Crippen molar-refractivity contribution >= 4 is 45.8 Å². The molecule has 1 saturated carbocycles. The van der Waals surface area contributed by atoms with Gasteiger partial charge >= 0.3 is 5.97 Å². The fraction of sp³-hybridized carbons (Fsp3) is 0.821. The number of cyclic esters (lactones) is 1. The second-order valence-electron chi connectivity index (χ2n) is 18.8. The molecule has 2 heterocycles. The summed E-state index contributed by atoms with van der Waals surface area (Å²) in [5.74, 6) is 0.895. The fourth-order valence-electron chi connectivity index (χ4n) is 6.65. The number of aromatic nitrogens is 1. The first-order valence-corrected chi connectivity index (χ1v) is 25.2. The Hall–Kier alpha value is -1.14. The van der Waals surface area contributed by atoms with Crippen LogP contribution in [0.15, 0.2) is 11.0 Å². The first-order valence-electron chi connectivity index (χ1n) is 18.5. The van der Waals surface area contributed by atoms with E-state index in [4.69, 9.17) is 13.6 Å². The van der Waals surface area contributed by atoms with E-state index in [0.29, 0.717) is 11.8 Å². The Labute approximate surface area is 299 Å². The van der Waals surface area contributed by atoms with E-state index >= 15 is 0 Å². The number of ether oxygens (including phenoxy) is 1. The third kappa shape index (κ3) is 10.2. The molecule has 1 aromatic heterocycles. The van der Waals surface area contributed by atoms with E-state index in [1.165, 1.54) is 6.42 Å². The molecule has 0 bridgehead atoms. The van der Waals surface area contributed by atoms with E-state index in [0.717, 1.165) is 42.0 Å². The average molecular weight is 720 g/mol. The van der Waals surface area contributed by atoms with Gasteiger partial charge < -0.3 is 13.6 Å². The highest BCUT2D eigenvalue weighted by molar-refractivity contribution is 7.09. The van der Waals surface area contributed by atoms with E-state index in [2.05, 4.69) is 105 Å². The van der Waals surface area contributed by atoms with Gasteiger partial charge in [0.05, 0.1) is 29.3 Å². The molecular weight excluding hydrogens is 651 g/mol. The van der Waals surface area contributed by atoms with Crippen LogP contribution in [-0.2, 0) is 23.2 Å². The van der Waals surface area contributed by atoms with Crippen LogP contribution in [0.1, 0.15) is 125 Å². The normalized spacial score (nSPS) is 30.5. The molecule has 0 spiro atoms. The molecular formula is C39H69NO5SSi2. The summed E-state index contributed by atoms with van der Waals surface area (Å²) < 4.78 is 20.6. The van der Waals surface area contributed by atoms with Crippen molar-refractivity contribution in [2.45, 2.75) is 176 Å². The smallest absolute Gasteiger partial charge is 0.309 e. The summed E-state index contributed by atoms with van der Waals surface area (Å²) >= 11 is 1.63. The van der Waals surface area contributed by atoms with Gasteiger partial charge in [-0.05, 0) is 98.8 Å². The molecule has 0 unspecified atom stereocenters. The van der Waals surface area contributed by atoms with E-state index in [1.807, 2.05) is 20.8 Å². The maximum atomic E-state index is 14.8. The second kappa shape index (κ2) is 15.2. The highest BCUT2D eigenvalue weighted by Crippen LogP contribution is 2.48. The van der Waals surface area contributed by atoms with Crippen LogP contribution in [0.2, 0.25) is 36.3 Å². The van der Waals surface area contributed by atoms with E-state index < -0.39 is 28.2 Å². The maximum absolute atomic E-state index is 14.8. The Balaban J connectivity index is 2.05. The minimum Gasteiger partial charge on any atom is -0.458 e. The topological polar surface area (TPSA) is 74.7 Å². The van der Waals surface area contributed by atoms with Crippen molar-refractivity contribution in [2.24, 2.45) is 29.1 Å². The lowest BCUT2D eigenvalue weighted by Gasteiger charge is -2.46. The molecule has 0 aromatic carbocycles. The molecule has 0 radical (unpaired) electrons. The SMILES string of the molecule is CC(=Cc1csc(C)n1)[C@H]1C[C@@H]2C[C@H]2CCC[C@@H](C)[C@@H](O[Si](C)(C)C(C)(C)C)[C@H](C)C(=O)C(C)(C)[C@H](O[Si](C)(C)C(C)(C)C)CC(=O)O1. The summed E-state index contributed by atoms with van der Waals surface area (Å²) in [7, 11) is -4.55. The zero-order valence-electron chi connectivity index (χ0n) is 33.3. The number of Topliss-reactive ketones (excluding diaryl/α,β-unsaturated/α-hetero) is 1. The summed E-state index contributed by atoms with van der Waals surface area (Å²) in [5, 5.41) is 3.01. The van der Waals surface area contributed by atoms with Gasteiger partial charge in [-0.3, -0.25) is 9.59 Å². The van der Waals surface area contributed by atoms with Gasteiger partial charge in [-0.2, -0.15) is 0 Å². The molecule has 3 rings (SSSR count). The number of nitrogens with zero attached hydrogens (tertiary/aromatic N) is 1. The van der Waals surface area contributed by atoms with E-state index in [-0.39, 0.29) is 52.3 Å². The molecule has 2 aliphatic rings. The van der Waals surface area contributed by atoms with Gasteiger partial charge in [0.1, 0.15) is 11.9 Å². The van der Waals surface area contributed by atoms with Crippen molar-refractivity contribution in [1.29, 1.82) is 0 Å². The van der Waals surface area contributed by atoms with Crippen molar-refractivity contribution < 1.29 is 23.2 Å². The lowest BCUT2D eigenvalue weighted by Crippen LogP contribution is -2.54. The number of aryl methyl sites for hydroxylation is 1. The molecule has 1 aliphatic heterocycles. The van der Waals surface area contributed by atoms with Crippen LogP contribution in [0, 0.1) is 36.0 Å². The van der Waals surface area contributed by atoms with Crippen molar-refractivity contribution in [3.05, 3.63) is 21.7 Å². The molecule has 0 N–H and O–H groups in total. The predicted molar refractivity (Wildman–Crippen MR) is 206 cm³/mol. The van der Waals surface area contributed by atoms with Gasteiger partial charge in [-0.1, -0.05) is 82.1 Å². The summed E-state index contributed by atoms with van der Waals surface area (Å²) in [6.07, 6.45) is 6.28. The van der Waals surface area contributed by atoms with Crippen LogP contribution in [0.5, 0.6) is 0 Å². The number of hydrogen-bond donors (Lipinski definition) is 0. The second-order valence-corrected chi connectivity index (χ2v) is 29.4. The zero-order valence-corrected chi connectivity index (χ0v) is 36.2. The molecule has 274 valence electrons. The van der Waals surface area contributed by atoms with Gasteiger partial charge in [0.25, 0.3) is 0 Å². The van der Waals surface area contributed by atoms with Crippen LogP contribution in [0.4, 0.5) is 0 Å². The third-order valence-corrected chi connectivity index (χ3v) is 22.1. The molecule has 0 amide bonds. The molecule has 6 nitrogen and oxygen atoms in total. The zero-order chi connectivity index (χ0) is 36.6. The lowest BCUT2D eigenvalue weighted by atomic mass is 9.73. The Morgan fingerprint density at radius 3 is 2.08 bits per heavy atom. The quantitative estimate of drug-likeness (QED) is 0.215. The fourth-order valence-corrected chi connectivity index (χ4v) is 10.1. The van der Waals surface area contributed by atoms with Crippen LogP contribution in [0.3, 0.4) is 0 Å². The molecule has 1 aromatic rings. The number of fused-ring (bicyclic) bond motifs is 1. The number of ketones is 1.